The van der Waals surface area contributed by atoms with E-state index in [4.69, 9.17) is 4.55 Å². The summed E-state index contributed by atoms with van der Waals surface area (Å²) >= 11 is -2.50. The highest BCUT2D eigenvalue weighted by atomic mass is 32.2. The van der Waals surface area contributed by atoms with Crippen LogP contribution in [-0.4, -0.2) is 14.7 Å². The molecule has 14 heavy (non-hydrogen) atoms. The van der Waals surface area contributed by atoms with E-state index in [2.05, 4.69) is 11.1 Å². The van der Waals surface area contributed by atoms with Crippen LogP contribution in [0, 0.1) is 5.41 Å². The summed E-state index contributed by atoms with van der Waals surface area (Å²) in [6.07, 6.45) is 3.74. The summed E-state index contributed by atoms with van der Waals surface area (Å²) in [5.41, 5.74) is -0.673. The van der Waals surface area contributed by atoms with Gasteiger partial charge in [-0.05, 0) is 20.3 Å². The lowest BCUT2D eigenvalue weighted by Gasteiger charge is -2.20. The molecule has 0 aromatic heterocycles. The molecule has 1 unspecified atom stereocenters. The van der Waals surface area contributed by atoms with E-state index in [-0.39, 0.29) is 0 Å². The Morgan fingerprint density at radius 1 is 1.43 bits per heavy atom. The normalized spacial score (nSPS) is 13.7. The maximum absolute atomic E-state index is 11.3. The fraction of sp³-hybridized carbons (Fsp3) is 0.889. The maximum atomic E-state index is 11.3. The van der Waals surface area contributed by atoms with Gasteiger partial charge in [0.15, 0.2) is 0 Å². The number of carbonyl (C=O) groups excluding carboxylic acids is 1. The van der Waals surface area contributed by atoms with Crippen molar-refractivity contribution in [2.24, 2.45) is 5.41 Å². The summed E-state index contributed by atoms with van der Waals surface area (Å²) in [7, 11) is 0. The number of carbonyl (C=O) groups is 1. The highest BCUT2D eigenvalue weighted by Gasteiger charge is 2.30. The zero-order valence-corrected chi connectivity index (χ0v) is 9.73. The molecule has 0 spiro atoms. The lowest BCUT2D eigenvalue weighted by molar-refractivity contribution is -0.143. The van der Waals surface area contributed by atoms with Crippen LogP contribution in [-0.2, 0) is 20.3 Å². The van der Waals surface area contributed by atoms with E-state index in [9.17, 15) is 9.00 Å². The van der Waals surface area contributed by atoms with E-state index >= 15 is 0 Å². The summed E-state index contributed by atoms with van der Waals surface area (Å²) in [5.74, 6) is -0.616. The molecule has 0 aliphatic heterocycles. The predicted molar refractivity (Wildman–Crippen MR) is 54.8 cm³/mol. The molecule has 0 heterocycles. The van der Waals surface area contributed by atoms with Crippen molar-refractivity contribution in [3.8, 4) is 0 Å². The van der Waals surface area contributed by atoms with E-state index in [0.717, 1.165) is 19.3 Å². The van der Waals surface area contributed by atoms with Gasteiger partial charge in [0, 0.05) is 0 Å². The summed E-state index contributed by atoms with van der Waals surface area (Å²) < 4.78 is 22.9. The molecule has 0 bridgehead atoms. The first-order chi connectivity index (χ1) is 6.40. The number of hydrogen-bond donors (Lipinski definition) is 1. The molecule has 0 aromatic carbocycles. The average Bonchev–Trinajstić information content (AvgIpc) is 2.03. The maximum Gasteiger partial charge on any atom is 0.360 e. The van der Waals surface area contributed by atoms with Gasteiger partial charge in [-0.15, -0.1) is 0 Å². The quantitative estimate of drug-likeness (QED) is 0.553. The number of hydrogen-bond acceptors (Lipinski definition) is 3. The molecule has 0 fully saturated rings. The Kier molecular flexibility index (Phi) is 5.95. The predicted octanol–water partition coefficient (Wildman–Crippen LogP) is 2.27. The third-order valence-corrected chi connectivity index (χ3v) is 2.40. The SMILES string of the molecule is CCCCCC(C)(C)C(=O)OS(=O)O. The Labute approximate surface area is 87.5 Å². The van der Waals surface area contributed by atoms with Gasteiger partial charge in [0.05, 0.1) is 5.41 Å². The number of unbranched alkanes of at least 4 members (excludes halogenated alkanes) is 2. The van der Waals surface area contributed by atoms with E-state index in [1.54, 1.807) is 13.8 Å². The van der Waals surface area contributed by atoms with Crippen LogP contribution in [0.25, 0.3) is 0 Å². The molecule has 0 saturated carbocycles. The minimum Gasteiger partial charge on any atom is -0.343 e. The Hall–Kier alpha value is -0.420. The van der Waals surface area contributed by atoms with E-state index in [1.165, 1.54) is 0 Å². The highest BCUT2D eigenvalue weighted by Crippen LogP contribution is 2.25. The van der Waals surface area contributed by atoms with Crippen molar-refractivity contribution in [3.05, 3.63) is 0 Å². The second-order valence-corrected chi connectivity index (χ2v) is 4.53. The van der Waals surface area contributed by atoms with Crippen LogP contribution < -0.4 is 0 Å². The molecular formula is C9H18O4S. The van der Waals surface area contributed by atoms with Crippen LogP contribution in [0.15, 0.2) is 0 Å². The summed E-state index contributed by atoms with van der Waals surface area (Å²) in [4.78, 5) is 11.3. The fourth-order valence-corrected chi connectivity index (χ4v) is 1.45. The molecule has 4 nitrogen and oxygen atoms in total. The molecule has 5 heteroatoms. The van der Waals surface area contributed by atoms with Gasteiger partial charge in [-0.2, -0.15) is 4.21 Å². The van der Waals surface area contributed by atoms with Gasteiger partial charge in [0.1, 0.15) is 0 Å². The van der Waals surface area contributed by atoms with E-state index in [0.29, 0.717) is 6.42 Å². The van der Waals surface area contributed by atoms with E-state index < -0.39 is 22.7 Å². The molecule has 0 saturated heterocycles. The molecule has 84 valence electrons. The van der Waals surface area contributed by atoms with Crippen LogP contribution in [0.4, 0.5) is 0 Å². The molecule has 0 amide bonds. The molecule has 0 aliphatic rings. The fourth-order valence-electron chi connectivity index (χ4n) is 1.10. The lowest BCUT2D eigenvalue weighted by Crippen LogP contribution is -2.27. The van der Waals surface area contributed by atoms with Gasteiger partial charge in [-0.25, -0.2) is 0 Å². The van der Waals surface area contributed by atoms with Crippen molar-refractivity contribution in [3.63, 3.8) is 0 Å². The topological polar surface area (TPSA) is 63.6 Å². The molecule has 1 N–H and O–H groups in total. The van der Waals surface area contributed by atoms with Gasteiger partial charge in [0.2, 0.25) is 0 Å². The van der Waals surface area contributed by atoms with E-state index in [1.807, 2.05) is 0 Å². The van der Waals surface area contributed by atoms with Gasteiger partial charge in [-0.1, -0.05) is 26.2 Å². The third-order valence-electron chi connectivity index (χ3n) is 2.10. The molecular weight excluding hydrogens is 204 g/mol. The largest absolute Gasteiger partial charge is 0.360 e. The minimum absolute atomic E-state index is 0.616. The summed E-state index contributed by atoms with van der Waals surface area (Å²) in [6, 6.07) is 0. The Morgan fingerprint density at radius 3 is 2.43 bits per heavy atom. The zero-order chi connectivity index (χ0) is 11.2. The molecule has 1 atom stereocenters. The smallest absolute Gasteiger partial charge is 0.343 e. The van der Waals surface area contributed by atoms with Crippen molar-refractivity contribution in [2.45, 2.75) is 46.5 Å². The van der Waals surface area contributed by atoms with Crippen molar-refractivity contribution < 1.29 is 17.7 Å². The summed E-state index contributed by atoms with van der Waals surface area (Å²) in [6.45, 7) is 5.52. The first-order valence-electron chi connectivity index (χ1n) is 4.73. The van der Waals surface area contributed by atoms with Crippen LogP contribution in [0.2, 0.25) is 0 Å². The van der Waals surface area contributed by atoms with Crippen molar-refractivity contribution in [1.82, 2.24) is 0 Å². The Balaban J connectivity index is 4.02. The van der Waals surface area contributed by atoms with Crippen LogP contribution in [0.1, 0.15) is 46.5 Å². The van der Waals surface area contributed by atoms with Crippen molar-refractivity contribution in [2.75, 3.05) is 0 Å². The molecule has 0 aromatic rings. The third kappa shape index (κ3) is 5.34. The number of rotatable bonds is 6. The Morgan fingerprint density at radius 2 is 2.00 bits per heavy atom. The average molecular weight is 222 g/mol. The van der Waals surface area contributed by atoms with Gasteiger partial charge in [-0.3, -0.25) is 9.35 Å². The first-order valence-corrected chi connectivity index (χ1v) is 5.77. The second kappa shape index (κ2) is 6.14. The highest BCUT2D eigenvalue weighted by molar-refractivity contribution is 7.74. The minimum atomic E-state index is -2.50. The van der Waals surface area contributed by atoms with Crippen molar-refractivity contribution >= 4 is 17.3 Å². The second-order valence-electron chi connectivity index (χ2n) is 3.93. The molecule has 0 aliphatic carbocycles. The Bertz CT molecular complexity index is 213. The lowest BCUT2D eigenvalue weighted by atomic mass is 9.87. The molecule has 0 radical (unpaired) electrons. The van der Waals surface area contributed by atoms with Gasteiger partial charge < -0.3 is 4.18 Å². The van der Waals surface area contributed by atoms with Crippen LogP contribution in [0.5, 0.6) is 0 Å². The molecule has 0 rings (SSSR count). The summed E-state index contributed by atoms with van der Waals surface area (Å²) in [5, 5.41) is 0. The van der Waals surface area contributed by atoms with Crippen molar-refractivity contribution in [1.29, 1.82) is 0 Å². The van der Waals surface area contributed by atoms with Gasteiger partial charge in [0.25, 0.3) is 0 Å². The van der Waals surface area contributed by atoms with Crippen LogP contribution >= 0.6 is 0 Å². The van der Waals surface area contributed by atoms with Crippen LogP contribution in [0.3, 0.4) is 0 Å². The first kappa shape index (κ1) is 13.6. The van der Waals surface area contributed by atoms with Gasteiger partial charge >= 0.3 is 17.3 Å². The monoisotopic (exact) mass is 222 g/mol. The standard InChI is InChI=1S/C9H18O4S/c1-4-5-6-7-9(2,3)8(10)13-14(11)12/h4-7H2,1-3H3,(H,11,12). The zero-order valence-electron chi connectivity index (χ0n) is 8.91.